The average molecular weight is 346 g/mol. The molecule has 0 aromatic heterocycles. The smallest absolute Gasteiger partial charge is 0.189 e. The third kappa shape index (κ3) is 4.20. The van der Waals surface area contributed by atoms with E-state index in [1.807, 2.05) is 0 Å². The molecule has 3 nitrogen and oxygen atoms in total. The molecule has 0 spiro atoms. The summed E-state index contributed by atoms with van der Waals surface area (Å²) < 4.78 is 11.4. The Hall–Kier alpha value is -1.06. The number of nitrogens with two attached hydrogens (primary N) is 1. The van der Waals surface area contributed by atoms with Gasteiger partial charge in [-0.05, 0) is 54.4 Å². The SMILES string of the molecule is CC(C)COCOc1ccc2c(c1)[C@@]1(C)CCCCCC[C@@H](C2)[C@@H]1N. The van der Waals surface area contributed by atoms with Crippen LogP contribution in [-0.2, 0) is 16.6 Å². The second kappa shape index (κ2) is 8.09. The summed E-state index contributed by atoms with van der Waals surface area (Å²) in [5, 5.41) is 0. The van der Waals surface area contributed by atoms with Crippen LogP contribution >= 0.6 is 0 Å². The van der Waals surface area contributed by atoms with Crippen LogP contribution < -0.4 is 10.5 Å². The maximum absolute atomic E-state index is 6.81. The summed E-state index contributed by atoms with van der Waals surface area (Å²) >= 11 is 0. The zero-order chi connectivity index (χ0) is 17.9. The first-order valence-corrected chi connectivity index (χ1v) is 10.1. The van der Waals surface area contributed by atoms with Crippen LogP contribution in [0.5, 0.6) is 5.75 Å². The highest BCUT2D eigenvalue weighted by Gasteiger charge is 2.43. The third-order valence-electron chi connectivity index (χ3n) is 6.20. The molecule has 25 heavy (non-hydrogen) atoms. The highest BCUT2D eigenvalue weighted by Crippen LogP contribution is 2.46. The van der Waals surface area contributed by atoms with E-state index in [0.717, 1.165) is 18.8 Å². The molecule has 0 radical (unpaired) electrons. The molecule has 2 aliphatic carbocycles. The lowest BCUT2D eigenvalue weighted by molar-refractivity contribution is 0.00258. The second-order valence-electron chi connectivity index (χ2n) is 8.71. The molecule has 0 heterocycles. The van der Waals surface area contributed by atoms with Gasteiger partial charge in [0.2, 0.25) is 0 Å². The van der Waals surface area contributed by atoms with Gasteiger partial charge >= 0.3 is 0 Å². The predicted octanol–water partition coefficient (Wildman–Crippen LogP) is 4.81. The highest BCUT2D eigenvalue weighted by atomic mass is 16.7. The fourth-order valence-electron chi connectivity index (χ4n) is 4.69. The van der Waals surface area contributed by atoms with Crippen LogP contribution in [0, 0.1) is 11.8 Å². The number of hydrogen-bond donors (Lipinski definition) is 1. The molecule has 3 rings (SSSR count). The van der Waals surface area contributed by atoms with Gasteiger partial charge in [-0.3, -0.25) is 0 Å². The summed E-state index contributed by atoms with van der Waals surface area (Å²) in [7, 11) is 0. The van der Waals surface area contributed by atoms with Crippen molar-refractivity contribution >= 4 is 0 Å². The van der Waals surface area contributed by atoms with Crippen LogP contribution in [0.2, 0.25) is 0 Å². The second-order valence-corrected chi connectivity index (χ2v) is 8.71. The van der Waals surface area contributed by atoms with Gasteiger partial charge < -0.3 is 15.2 Å². The van der Waals surface area contributed by atoms with Crippen molar-refractivity contribution in [2.75, 3.05) is 13.4 Å². The Morgan fingerprint density at radius 3 is 2.80 bits per heavy atom. The molecule has 0 aliphatic heterocycles. The Balaban J connectivity index is 1.80. The first-order chi connectivity index (χ1) is 12.0. The lowest BCUT2D eigenvalue weighted by Crippen LogP contribution is -2.52. The van der Waals surface area contributed by atoms with Crippen molar-refractivity contribution in [2.45, 2.75) is 77.2 Å². The first-order valence-electron chi connectivity index (χ1n) is 10.1. The van der Waals surface area contributed by atoms with Crippen molar-refractivity contribution in [3.8, 4) is 5.75 Å². The molecule has 2 N–H and O–H groups in total. The van der Waals surface area contributed by atoms with Gasteiger partial charge in [0.1, 0.15) is 5.75 Å². The number of rotatable bonds is 5. The van der Waals surface area contributed by atoms with Gasteiger partial charge in [0.05, 0.1) is 6.61 Å². The largest absolute Gasteiger partial charge is 0.468 e. The van der Waals surface area contributed by atoms with E-state index < -0.39 is 0 Å². The average Bonchev–Trinajstić information content (AvgIpc) is 2.63. The molecule has 0 unspecified atom stereocenters. The van der Waals surface area contributed by atoms with E-state index in [-0.39, 0.29) is 11.5 Å². The summed E-state index contributed by atoms with van der Waals surface area (Å²) in [6.45, 7) is 7.73. The highest BCUT2D eigenvalue weighted by molar-refractivity contribution is 5.44. The Kier molecular flexibility index (Phi) is 6.06. The fraction of sp³-hybridized carbons (Fsp3) is 0.727. The van der Waals surface area contributed by atoms with Crippen molar-refractivity contribution in [1.29, 1.82) is 0 Å². The van der Waals surface area contributed by atoms with Crippen LogP contribution in [0.4, 0.5) is 0 Å². The van der Waals surface area contributed by atoms with E-state index in [9.17, 15) is 0 Å². The minimum Gasteiger partial charge on any atom is -0.468 e. The Morgan fingerprint density at radius 1 is 1.20 bits per heavy atom. The van der Waals surface area contributed by atoms with Crippen LogP contribution in [-0.4, -0.2) is 19.4 Å². The fourth-order valence-corrected chi connectivity index (χ4v) is 4.69. The van der Waals surface area contributed by atoms with E-state index in [4.69, 9.17) is 15.2 Å². The monoisotopic (exact) mass is 345 g/mol. The molecular formula is C22H35NO2. The molecule has 140 valence electrons. The van der Waals surface area contributed by atoms with Crippen molar-refractivity contribution in [2.24, 2.45) is 17.6 Å². The Bertz CT molecular complexity index is 571. The van der Waals surface area contributed by atoms with Crippen LogP contribution in [0.1, 0.15) is 70.4 Å². The van der Waals surface area contributed by atoms with E-state index in [1.54, 1.807) is 0 Å². The molecular weight excluding hydrogens is 310 g/mol. The van der Waals surface area contributed by atoms with Gasteiger partial charge in [0, 0.05) is 11.5 Å². The molecule has 1 saturated carbocycles. The zero-order valence-corrected chi connectivity index (χ0v) is 16.2. The summed E-state index contributed by atoms with van der Waals surface area (Å²) in [4.78, 5) is 0. The summed E-state index contributed by atoms with van der Waals surface area (Å²) in [6.07, 6.45) is 8.89. The van der Waals surface area contributed by atoms with Crippen molar-refractivity contribution < 1.29 is 9.47 Å². The van der Waals surface area contributed by atoms with E-state index in [2.05, 4.69) is 39.0 Å². The number of hydrogen-bond acceptors (Lipinski definition) is 3. The summed E-state index contributed by atoms with van der Waals surface area (Å²) in [6, 6.07) is 6.86. The normalized spacial score (nSPS) is 29.5. The summed E-state index contributed by atoms with van der Waals surface area (Å²) in [5.41, 5.74) is 9.78. The molecule has 0 amide bonds. The van der Waals surface area contributed by atoms with Gasteiger partial charge in [-0.2, -0.15) is 0 Å². The molecule has 3 atom stereocenters. The Morgan fingerprint density at radius 2 is 2.00 bits per heavy atom. The lowest BCUT2D eigenvalue weighted by Gasteiger charge is -2.46. The first kappa shape index (κ1) is 18.7. The predicted molar refractivity (Wildman–Crippen MR) is 103 cm³/mol. The topological polar surface area (TPSA) is 44.5 Å². The third-order valence-corrected chi connectivity index (χ3v) is 6.20. The maximum atomic E-state index is 6.81. The van der Waals surface area contributed by atoms with E-state index >= 15 is 0 Å². The zero-order valence-electron chi connectivity index (χ0n) is 16.2. The van der Waals surface area contributed by atoms with Crippen LogP contribution in [0.15, 0.2) is 18.2 Å². The quantitative estimate of drug-likeness (QED) is 0.615. The van der Waals surface area contributed by atoms with Crippen molar-refractivity contribution in [3.63, 3.8) is 0 Å². The van der Waals surface area contributed by atoms with Crippen molar-refractivity contribution in [3.05, 3.63) is 29.3 Å². The van der Waals surface area contributed by atoms with Gasteiger partial charge in [0.25, 0.3) is 0 Å². The van der Waals surface area contributed by atoms with Crippen LogP contribution in [0.3, 0.4) is 0 Å². The Labute approximate surface area is 153 Å². The molecule has 1 aromatic rings. The molecule has 0 saturated heterocycles. The van der Waals surface area contributed by atoms with Crippen molar-refractivity contribution in [1.82, 2.24) is 0 Å². The van der Waals surface area contributed by atoms with E-state index in [0.29, 0.717) is 18.6 Å². The standard InChI is InChI=1S/C22H35NO2/c1-16(2)14-24-15-25-19-10-9-17-12-18-8-6-4-5-7-11-22(3,21(18)23)20(17)13-19/h9-10,13,16,18,21H,4-8,11-12,14-15,23H2,1-3H3/t18-,21-,22+/m0/s1. The molecule has 2 bridgehead atoms. The maximum Gasteiger partial charge on any atom is 0.189 e. The van der Waals surface area contributed by atoms with Crippen LogP contribution in [0.25, 0.3) is 0 Å². The van der Waals surface area contributed by atoms with E-state index in [1.165, 1.54) is 49.7 Å². The molecule has 1 aromatic carbocycles. The molecule has 3 heteroatoms. The van der Waals surface area contributed by atoms with Gasteiger partial charge in [-0.1, -0.05) is 52.5 Å². The molecule has 1 fully saturated rings. The lowest BCUT2D eigenvalue weighted by atomic mass is 9.61. The van der Waals surface area contributed by atoms with Gasteiger partial charge in [-0.25, -0.2) is 0 Å². The minimum atomic E-state index is 0.0702. The number of benzene rings is 1. The molecule has 2 aliphatic rings. The number of fused-ring (bicyclic) bond motifs is 4. The summed E-state index contributed by atoms with van der Waals surface area (Å²) in [5.74, 6) is 2.06. The number of ether oxygens (including phenoxy) is 2. The van der Waals surface area contributed by atoms with Gasteiger partial charge in [-0.15, -0.1) is 0 Å². The van der Waals surface area contributed by atoms with Gasteiger partial charge in [0.15, 0.2) is 6.79 Å². The minimum absolute atomic E-state index is 0.0702.